The van der Waals surface area contributed by atoms with Gasteiger partial charge in [0.05, 0.1) is 16.3 Å². The summed E-state index contributed by atoms with van der Waals surface area (Å²) in [6.07, 6.45) is 2.44. The molecule has 1 fully saturated rings. The van der Waals surface area contributed by atoms with Crippen molar-refractivity contribution in [3.05, 3.63) is 45.7 Å². The molecule has 0 atom stereocenters. The highest BCUT2D eigenvalue weighted by atomic mass is 35.5. The van der Waals surface area contributed by atoms with Gasteiger partial charge in [0.25, 0.3) is 5.91 Å². The Morgan fingerprint density at radius 2 is 2.21 bits per heavy atom. The second-order valence-electron chi connectivity index (χ2n) is 6.18. The Morgan fingerprint density at radius 3 is 2.92 bits per heavy atom. The van der Waals surface area contributed by atoms with Crippen LogP contribution in [-0.4, -0.2) is 28.9 Å². The van der Waals surface area contributed by atoms with Crippen LogP contribution in [0.15, 0.2) is 23.6 Å². The fraction of sp³-hybridized carbons (Fsp3) is 0.412. The van der Waals surface area contributed by atoms with Gasteiger partial charge in [-0.05, 0) is 50.0 Å². The van der Waals surface area contributed by atoms with Gasteiger partial charge in [0.2, 0.25) is 0 Å². The number of thiazole rings is 1. The van der Waals surface area contributed by atoms with Crippen LogP contribution in [0.3, 0.4) is 0 Å². The summed E-state index contributed by atoms with van der Waals surface area (Å²) in [5.41, 5.74) is 1.19. The number of nitrogens with zero attached hydrogens (tertiary/aromatic N) is 2. The molecular formula is C17H19ClFN3OS. The van der Waals surface area contributed by atoms with Crippen molar-refractivity contribution in [1.29, 1.82) is 0 Å². The van der Waals surface area contributed by atoms with E-state index in [1.807, 2.05) is 5.38 Å². The van der Waals surface area contributed by atoms with Gasteiger partial charge in [-0.15, -0.1) is 11.3 Å². The minimum Gasteiger partial charge on any atom is -0.298 e. The lowest BCUT2D eigenvalue weighted by Gasteiger charge is -2.29. The van der Waals surface area contributed by atoms with Gasteiger partial charge in [0.1, 0.15) is 5.82 Å². The quantitative estimate of drug-likeness (QED) is 0.870. The monoisotopic (exact) mass is 367 g/mol. The molecule has 0 unspecified atom stereocenters. The topological polar surface area (TPSA) is 45.2 Å². The number of rotatable bonds is 4. The van der Waals surface area contributed by atoms with Gasteiger partial charge in [0.15, 0.2) is 5.13 Å². The van der Waals surface area contributed by atoms with E-state index in [0.717, 1.165) is 37.3 Å². The average Bonchev–Trinajstić information content (AvgIpc) is 2.96. The Hall–Kier alpha value is -1.50. The molecule has 0 spiro atoms. The number of likely N-dealkylation sites (tertiary alicyclic amines) is 1. The number of piperidine rings is 1. The first-order valence-corrected chi connectivity index (χ1v) is 9.20. The molecule has 1 saturated heterocycles. The van der Waals surface area contributed by atoms with E-state index in [9.17, 15) is 9.18 Å². The van der Waals surface area contributed by atoms with Gasteiger partial charge in [0, 0.05) is 11.9 Å². The van der Waals surface area contributed by atoms with Crippen LogP contribution in [0.5, 0.6) is 0 Å². The Balaban J connectivity index is 1.60. The van der Waals surface area contributed by atoms with E-state index >= 15 is 0 Å². The van der Waals surface area contributed by atoms with E-state index < -0.39 is 5.82 Å². The molecule has 1 aliphatic rings. The highest BCUT2D eigenvalue weighted by Gasteiger charge is 2.17. The predicted octanol–water partition coefficient (Wildman–Crippen LogP) is 4.42. The van der Waals surface area contributed by atoms with E-state index in [4.69, 9.17) is 11.6 Å². The highest BCUT2D eigenvalue weighted by Crippen LogP contribution is 2.23. The first kappa shape index (κ1) is 17.3. The molecular weight excluding hydrogens is 349 g/mol. The Morgan fingerprint density at radius 1 is 1.46 bits per heavy atom. The van der Waals surface area contributed by atoms with Crippen LogP contribution >= 0.6 is 22.9 Å². The lowest BCUT2D eigenvalue weighted by Crippen LogP contribution is -2.32. The number of benzene rings is 1. The van der Waals surface area contributed by atoms with Crippen LogP contribution in [0.1, 0.15) is 35.8 Å². The second kappa shape index (κ2) is 7.59. The fourth-order valence-corrected chi connectivity index (χ4v) is 3.67. The SMILES string of the molecule is CC1CCN(Cc2csc(NC(=O)c3ccc(F)cc3Cl)n2)CC1. The second-order valence-corrected chi connectivity index (χ2v) is 7.45. The van der Waals surface area contributed by atoms with Gasteiger partial charge in [-0.25, -0.2) is 9.37 Å². The van der Waals surface area contributed by atoms with Gasteiger partial charge in [-0.1, -0.05) is 18.5 Å². The van der Waals surface area contributed by atoms with Crippen LogP contribution in [0.25, 0.3) is 0 Å². The van der Waals surface area contributed by atoms with Crippen molar-refractivity contribution in [2.24, 2.45) is 5.92 Å². The summed E-state index contributed by atoms with van der Waals surface area (Å²) in [6.45, 7) is 5.27. The summed E-state index contributed by atoms with van der Waals surface area (Å²) < 4.78 is 13.1. The summed E-state index contributed by atoms with van der Waals surface area (Å²) >= 11 is 7.30. The average molecular weight is 368 g/mol. The molecule has 0 bridgehead atoms. The third kappa shape index (κ3) is 4.32. The minimum atomic E-state index is -0.469. The Labute approximate surface area is 149 Å². The van der Waals surface area contributed by atoms with Crippen LogP contribution in [0.2, 0.25) is 5.02 Å². The highest BCUT2D eigenvalue weighted by molar-refractivity contribution is 7.14. The summed E-state index contributed by atoms with van der Waals surface area (Å²) in [6, 6.07) is 3.71. The molecule has 1 amide bonds. The lowest BCUT2D eigenvalue weighted by atomic mass is 9.99. The van der Waals surface area contributed by atoms with Crippen molar-refractivity contribution in [2.75, 3.05) is 18.4 Å². The van der Waals surface area contributed by atoms with Crippen molar-refractivity contribution in [2.45, 2.75) is 26.3 Å². The smallest absolute Gasteiger partial charge is 0.258 e. The first-order valence-electron chi connectivity index (χ1n) is 7.94. The van der Waals surface area contributed by atoms with Crippen molar-refractivity contribution >= 4 is 34.0 Å². The predicted molar refractivity (Wildman–Crippen MR) is 95.2 cm³/mol. The van der Waals surface area contributed by atoms with Crippen LogP contribution in [0.4, 0.5) is 9.52 Å². The molecule has 0 radical (unpaired) electrons. The molecule has 24 heavy (non-hydrogen) atoms. The van der Waals surface area contributed by atoms with Gasteiger partial charge in [-0.2, -0.15) is 0 Å². The molecule has 3 rings (SSSR count). The first-order chi connectivity index (χ1) is 11.5. The third-order valence-electron chi connectivity index (χ3n) is 4.21. The number of amides is 1. The van der Waals surface area contributed by atoms with Crippen molar-refractivity contribution in [3.8, 4) is 0 Å². The maximum Gasteiger partial charge on any atom is 0.258 e. The van der Waals surface area contributed by atoms with Crippen molar-refractivity contribution < 1.29 is 9.18 Å². The van der Waals surface area contributed by atoms with Crippen molar-refractivity contribution in [3.63, 3.8) is 0 Å². The number of hydrogen-bond donors (Lipinski definition) is 1. The van der Waals surface area contributed by atoms with E-state index in [-0.39, 0.29) is 16.5 Å². The van der Waals surface area contributed by atoms with E-state index in [1.165, 1.54) is 36.3 Å². The number of hydrogen-bond acceptors (Lipinski definition) is 4. The maximum atomic E-state index is 13.1. The number of nitrogens with one attached hydrogen (secondary N) is 1. The molecule has 1 aromatic carbocycles. The number of aromatic nitrogens is 1. The Kier molecular flexibility index (Phi) is 5.48. The van der Waals surface area contributed by atoms with Crippen LogP contribution in [-0.2, 0) is 6.54 Å². The largest absolute Gasteiger partial charge is 0.298 e. The molecule has 1 aliphatic heterocycles. The molecule has 7 heteroatoms. The zero-order valence-corrected chi connectivity index (χ0v) is 15.0. The Bertz CT molecular complexity index is 728. The number of halogens is 2. The van der Waals surface area contributed by atoms with Crippen LogP contribution < -0.4 is 5.32 Å². The molecule has 4 nitrogen and oxygen atoms in total. The van der Waals surface area contributed by atoms with E-state index in [0.29, 0.717) is 5.13 Å². The molecule has 128 valence electrons. The molecule has 2 heterocycles. The molecule has 1 aromatic heterocycles. The fourth-order valence-electron chi connectivity index (χ4n) is 2.72. The van der Waals surface area contributed by atoms with Gasteiger partial charge in [-0.3, -0.25) is 15.0 Å². The minimum absolute atomic E-state index is 0.0896. The normalized spacial score (nSPS) is 16.3. The van der Waals surface area contributed by atoms with E-state index in [2.05, 4.69) is 22.1 Å². The van der Waals surface area contributed by atoms with Crippen LogP contribution in [0, 0.1) is 11.7 Å². The zero-order valence-electron chi connectivity index (χ0n) is 13.4. The summed E-state index contributed by atoms with van der Waals surface area (Å²) in [4.78, 5) is 19.1. The number of carbonyl (C=O) groups excluding carboxylic acids is 1. The molecule has 2 aromatic rings. The summed E-state index contributed by atoms with van der Waals surface area (Å²) in [5, 5.41) is 5.30. The number of carbonyl (C=O) groups is 1. The maximum absolute atomic E-state index is 13.1. The lowest BCUT2D eigenvalue weighted by molar-refractivity contribution is 0.102. The summed E-state index contributed by atoms with van der Waals surface area (Å²) in [7, 11) is 0. The van der Waals surface area contributed by atoms with Gasteiger partial charge >= 0.3 is 0 Å². The number of anilines is 1. The standard InChI is InChI=1S/C17H19ClFN3OS/c1-11-4-6-22(7-5-11)9-13-10-24-17(20-13)21-16(23)14-3-2-12(19)8-15(14)18/h2-3,8,10-11H,4-7,9H2,1H3,(H,20,21,23). The zero-order chi connectivity index (χ0) is 17.1. The third-order valence-corrected chi connectivity index (χ3v) is 5.33. The molecule has 0 saturated carbocycles. The van der Waals surface area contributed by atoms with Gasteiger partial charge < -0.3 is 0 Å². The molecule has 0 aliphatic carbocycles. The van der Waals surface area contributed by atoms with E-state index in [1.54, 1.807) is 0 Å². The van der Waals surface area contributed by atoms with Crippen molar-refractivity contribution in [1.82, 2.24) is 9.88 Å². The summed E-state index contributed by atoms with van der Waals surface area (Å²) in [5.74, 6) is -0.0522. The molecule has 1 N–H and O–H groups in total.